The van der Waals surface area contributed by atoms with Crippen molar-refractivity contribution in [3.05, 3.63) is 221 Å². The topological polar surface area (TPSA) is 18.1 Å². The first-order valence-corrected chi connectivity index (χ1v) is 20.2. The van der Waals surface area contributed by atoms with E-state index in [9.17, 15) is 0 Å². The minimum Gasteiger partial charge on any atom is -0.455 e. The number of rotatable bonds is 3. The second-order valence-corrected chi connectivity index (χ2v) is 16.1. The molecule has 0 unspecified atom stereocenters. The van der Waals surface area contributed by atoms with Crippen molar-refractivity contribution in [3.63, 3.8) is 0 Å². The number of hydrogen-bond acceptors (Lipinski definition) is 1. The van der Waals surface area contributed by atoms with Crippen LogP contribution < -0.4 is 0 Å². The van der Waals surface area contributed by atoms with E-state index in [2.05, 4.69) is 180 Å². The highest BCUT2D eigenvalue weighted by Crippen LogP contribution is 2.64. The predicted octanol–water partition coefficient (Wildman–Crippen LogP) is 15.0. The second kappa shape index (κ2) is 11.7. The molecule has 2 heterocycles. The molecule has 9 aromatic carbocycles. The van der Waals surface area contributed by atoms with E-state index < -0.39 is 5.41 Å². The molecule has 2 aliphatic rings. The van der Waals surface area contributed by atoms with Crippen molar-refractivity contribution < 1.29 is 4.42 Å². The van der Waals surface area contributed by atoms with Gasteiger partial charge in [-0.3, -0.25) is 0 Å². The molecule has 0 atom stereocenters. The van der Waals surface area contributed by atoms with Gasteiger partial charge < -0.3 is 8.98 Å². The molecular weight excluding hydrogens is 726 g/mol. The van der Waals surface area contributed by atoms with Gasteiger partial charge in [0.2, 0.25) is 0 Å². The summed E-state index contributed by atoms with van der Waals surface area (Å²) in [5.41, 5.74) is 19.7. The van der Waals surface area contributed by atoms with Crippen molar-refractivity contribution in [2.75, 3.05) is 0 Å². The van der Waals surface area contributed by atoms with Crippen molar-refractivity contribution in [1.82, 2.24) is 4.57 Å². The standard InChI is InChI=1S/C55H32ClNO/c56-36-28-29-43-48(32-36)55(45-17-5-1-11-38(45)39-12-2-6-18-46(39)55)47-19-10-21-51(53(43)47)57-49-20-7-3-13-40(49)44-31-35(27-30-50(44)57)33-23-25-34(26-24-33)37-15-9-16-42-41-14-4-8-22-52(41)58-54(37)42/h1-32H. The Kier molecular flexibility index (Phi) is 6.46. The van der Waals surface area contributed by atoms with Gasteiger partial charge in [0, 0.05) is 37.7 Å². The fraction of sp³-hybridized carbons (Fsp3) is 0.0182. The molecule has 3 heteroatoms. The van der Waals surface area contributed by atoms with Crippen LogP contribution in [0.5, 0.6) is 0 Å². The second-order valence-electron chi connectivity index (χ2n) is 15.7. The zero-order valence-electron chi connectivity index (χ0n) is 31.2. The van der Waals surface area contributed by atoms with Gasteiger partial charge in [-0.1, -0.05) is 163 Å². The Labute approximate surface area is 339 Å². The molecule has 0 bridgehead atoms. The van der Waals surface area contributed by atoms with Gasteiger partial charge in [0.25, 0.3) is 0 Å². The van der Waals surface area contributed by atoms with Gasteiger partial charge in [-0.15, -0.1) is 0 Å². The average molecular weight is 758 g/mol. The van der Waals surface area contributed by atoms with Crippen LogP contribution in [0.15, 0.2) is 199 Å². The molecule has 0 aliphatic heterocycles. The molecule has 0 N–H and O–H groups in total. The molecule has 0 amide bonds. The summed E-state index contributed by atoms with van der Waals surface area (Å²) in [6, 6.07) is 70.6. The number of furan rings is 1. The normalized spacial score (nSPS) is 13.4. The number of nitrogens with zero attached hydrogens (tertiary/aromatic N) is 1. The van der Waals surface area contributed by atoms with E-state index in [0.29, 0.717) is 0 Å². The molecule has 2 aromatic heterocycles. The number of benzene rings is 9. The summed E-state index contributed by atoms with van der Waals surface area (Å²) in [4.78, 5) is 0. The molecule has 0 saturated heterocycles. The molecule has 13 rings (SSSR count). The number of halogens is 1. The van der Waals surface area contributed by atoms with Crippen molar-refractivity contribution in [2.24, 2.45) is 0 Å². The fourth-order valence-corrected chi connectivity index (χ4v) is 10.7. The molecule has 0 radical (unpaired) electrons. The Morgan fingerprint density at radius 1 is 0.397 bits per heavy atom. The van der Waals surface area contributed by atoms with Crippen molar-refractivity contribution in [3.8, 4) is 50.2 Å². The van der Waals surface area contributed by atoms with Gasteiger partial charge in [0.05, 0.1) is 22.1 Å². The van der Waals surface area contributed by atoms with Crippen LogP contribution in [0.4, 0.5) is 0 Å². The number of aromatic nitrogens is 1. The van der Waals surface area contributed by atoms with Crippen molar-refractivity contribution in [1.29, 1.82) is 0 Å². The summed E-state index contributed by atoms with van der Waals surface area (Å²) >= 11 is 6.91. The van der Waals surface area contributed by atoms with E-state index in [1.54, 1.807) is 0 Å². The zero-order chi connectivity index (χ0) is 38.1. The number of para-hydroxylation sites is 3. The van der Waals surface area contributed by atoms with Gasteiger partial charge in [-0.25, -0.2) is 0 Å². The van der Waals surface area contributed by atoms with Gasteiger partial charge in [0.15, 0.2) is 0 Å². The largest absolute Gasteiger partial charge is 0.455 e. The lowest BCUT2D eigenvalue weighted by atomic mass is 9.70. The lowest BCUT2D eigenvalue weighted by Crippen LogP contribution is -2.25. The van der Waals surface area contributed by atoms with Gasteiger partial charge in [-0.05, 0) is 98.1 Å². The SMILES string of the molecule is Clc1ccc2c(c1)C1(c3ccccc3-c3ccccc31)c1cccc(-n3c4ccccc4c4cc(-c5ccc(-c6cccc7c6oc6ccccc67)cc5)ccc43)c1-2. The predicted molar refractivity (Wildman–Crippen MR) is 240 cm³/mol. The van der Waals surface area contributed by atoms with Crippen LogP contribution in [0.25, 0.3) is 93.9 Å². The summed E-state index contributed by atoms with van der Waals surface area (Å²) < 4.78 is 8.86. The number of hydrogen-bond donors (Lipinski definition) is 0. The highest BCUT2D eigenvalue weighted by Gasteiger charge is 2.52. The van der Waals surface area contributed by atoms with Crippen molar-refractivity contribution in [2.45, 2.75) is 5.41 Å². The van der Waals surface area contributed by atoms with Crippen LogP contribution >= 0.6 is 11.6 Å². The molecule has 58 heavy (non-hydrogen) atoms. The maximum absolute atomic E-state index is 6.91. The molecule has 2 aliphatic carbocycles. The fourth-order valence-electron chi connectivity index (χ4n) is 10.6. The van der Waals surface area contributed by atoms with Crippen LogP contribution in [0.3, 0.4) is 0 Å². The summed E-state index contributed by atoms with van der Waals surface area (Å²) in [5, 5.41) is 5.49. The van der Waals surface area contributed by atoms with Gasteiger partial charge in [-0.2, -0.15) is 0 Å². The van der Waals surface area contributed by atoms with Crippen LogP contribution in [-0.4, -0.2) is 4.57 Å². The Morgan fingerprint density at radius 2 is 1.02 bits per heavy atom. The van der Waals surface area contributed by atoms with E-state index >= 15 is 0 Å². The third kappa shape index (κ3) is 4.12. The third-order valence-electron chi connectivity index (χ3n) is 12.9. The Hall–Kier alpha value is -7.13. The molecule has 0 fully saturated rings. The molecule has 11 aromatic rings. The van der Waals surface area contributed by atoms with Gasteiger partial charge in [0.1, 0.15) is 11.2 Å². The minimum absolute atomic E-state index is 0.479. The number of fused-ring (bicyclic) bond motifs is 16. The van der Waals surface area contributed by atoms with Crippen LogP contribution in [0.1, 0.15) is 22.3 Å². The Morgan fingerprint density at radius 3 is 1.84 bits per heavy atom. The maximum Gasteiger partial charge on any atom is 0.143 e. The summed E-state index contributed by atoms with van der Waals surface area (Å²) in [5.74, 6) is 0. The van der Waals surface area contributed by atoms with Crippen LogP contribution in [0.2, 0.25) is 5.02 Å². The molecule has 2 nitrogen and oxygen atoms in total. The zero-order valence-corrected chi connectivity index (χ0v) is 32.0. The Balaban J connectivity index is 0.994. The first-order valence-electron chi connectivity index (χ1n) is 19.9. The lowest BCUT2D eigenvalue weighted by Gasteiger charge is -2.30. The Bertz CT molecular complexity index is 3480. The van der Waals surface area contributed by atoms with E-state index in [1.807, 2.05) is 18.2 Å². The molecule has 0 saturated carbocycles. The highest BCUT2D eigenvalue weighted by molar-refractivity contribution is 6.31. The van der Waals surface area contributed by atoms with E-state index in [4.69, 9.17) is 16.0 Å². The smallest absolute Gasteiger partial charge is 0.143 e. The quantitative estimate of drug-likeness (QED) is 0.175. The van der Waals surface area contributed by atoms with Crippen LogP contribution in [0, 0.1) is 0 Å². The lowest BCUT2D eigenvalue weighted by molar-refractivity contribution is 0.670. The molecule has 1 spiro atoms. The third-order valence-corrected chi connectivity index (χ3v) is 13.1. The van der Waals surface area contributed by atoms with Crippen molar-refractivity contribution >= 4 is 55.3 Å². The van der Waals surface area contributed by atoms with E-state index in [-0.39, 0.29) is 0 Å². The van der Waals surface area contributed by atoms with Gasteiger partial charge >= 0.3 is 0 Å². The van der Waals surface area contributed by atoms with E-state index in [0.717, 1.165) is 38.1 Å². The summed E-state index contributed by atoms with van der Waals surface area (Å²) in [6.45, 7) is 0. The monoisotopic (exact) mass is 757 g/mol. The minimum atomic E-state index is -0.479. The highest BCUT2D eigenvalue weighted by atomic mass is 35.5. The molecular formula is C55H32ClNO. The summed E-state index contributed by atoms with van der Waals surface area (Å²) in [6.07, 6.45) is 0. The summed E-state index contributed by atoms with van der Waals surface area (Å²) in [7, 11) is 0. The molecule has 270 valence electrons. The first-order chi connectivity index (χ1) is 28.7. The maximum atomic E-state index is 6.91. The first kappa shape index (κ1) is 32.0. The van der Waals surface area contributed by atoms with Crippen LogP contribution in [-0.2, 0) is 5.41 Å². The average Bonchev–Trinajstić information content (AvgIpc) is 4.00. The van der Waals surface area contributed by atoms with E-state index in [1.165, 1.54) is 83.1 Å².